The van der Waals surface area contributed by atoms with Crippen LogP contribution >= 0.6 is 11.6 Å². The first-order chi connectivity index (χ1) is 13.0. The minimum absolute atomic E-state index is 0.0711. The quantitative estimate of drug-likeness (QED) is 0.655. The van der Waals surface area contributed by atoms with Crippen molar-refractivity contribution in [1.29, 1.82) is 0 Å². The largest absolute Gasteiger partial charge is 0.497 e. The SMILES string of the molecule is COc1ccc2cc(CCC(=O)NCCc3ccc(Cl)cc3)c(=O)[nH]c2c1. The summed E-state index contributed by atoms with van der Waals surface area (Å²) in [5, 5.41) is 4.49. The average Bonchev–Trinajstić information content (AvgIpc) is 2.67. The van der Waals surface area contributed by atoms with Gasteiger partial charge in [-0.2, -0.15) is 0 Å². The number of benzene rings is 2. The zero-order valence-electron chi connectivity index (χ0n) is 15.0. The van der Waals surface area contributed by atoms with Crippen molar-refractivity contribution in [1.82, 2.24) is 10.3 Å². The molecule has 2 aromatic carbocycles. The van der Waals surface area contributed by atoms with Crippen molar-refractivity contribution < 1.29 is 9.53 Å². The zero-order valence-corrected chi connectivity index (χ0v) is 15.8. The summed E-state index contributed by atoms with van der Waals surface area (Å²) in [7, 11) is 1.58. The third kappa shape index (κ3) is 5.11. The molecule has 0 aliphatic heterocycles. The lowest BCUT2D eigenvalue weighted by atomic mass is 10.1. The van der Waals surface area contributed by atoms with Gasteiger partial charge in [0.25, 0.3) is 5.56 Å². The summed E-state index contributed by atoms with van der Waals surface area (Å²) in [6, 6.07) is 14.9. The van der Waals surface area contributed by atoms with E-state index < -0.39 is 0 Å². The lowest BCUT2D eigenvalue weighted by molar-refractivity contribution is -0.121. The van der Waals surface area contributed by atoms with Crippen LogP contribution in [-0.4, -0.2) is 24.5 Å². The van der Waals surface area contributed by atoms with Crippen LogP contribution in [0.3, 0.4) is 0 Å². The van der Waals surface area contributed by atoms with Crippen LogP contribution in [0.15, 0.2) is 53.3 Å². The third-order valence-corrected chi connectivity index (χ3v) is 4.65. The van der Waals surface area contributed by atoms with Gasteiger partial charge in [0.2, 0.25) is 5.91 Å². The fourth-order valence-electron chi connectivity index (χ4n) is 2.87. The van der Waals surface area contributed by atoms with Gasteiger partial charge in [0.1, 0.15) is 5.75 Å². The van der Waals surface area contributed by atoms with Crippen molar-refractivity contribution in [3.63, 3.8) is 0 Å². The number of H-pyrrole nitrogens is 1. The van der Waals surface area contributed by atoms with E-state index in [1.54, 1.807) is 13.2 Å². The van der Waals surface area contributed by atoms with Gasteiger partial charge in [-0.15, -0.1) is 0 Å². The minimum atomic E-state index is -0.176. The highest BCUT2D eigenvalue weighted by Crippen LogP contribution is 2.18. The molecule has 0 spiro atoms. The van der Waals surface area contributed by atoms with Gasteiger partial charge >= 0.3 is 0 Å². The van der Waals surface area contributed by atoms with Crippen LogP contribution in [-0.2, 0) is 17.6 Å². The summed E-state index contributed by atoms with van der Waals surface area (Å²) in [5.41, 5.74) is 2.25. The van der Waals surface area contributed by atoms with E-state index in [2.05, 4.69) is 10.3 Å². The van der Waals surface area contributed by atoms with Gasteiger partial charge in [-0.05, 0) is 54.1 Å². The Morgan fingerprint density at radius 1 is 1.11 bits per heavy atom. The van der Waals surface area contributed by atoms with E-state index in [1.807, 2.05) is 42.5 Å². The monoisotopic (exact) mass is 384 g/mol. The Hall–Kier alpha value is -2.79. The second-order valence-electron chi connectivity index (χ2n) is 6.30. The molecule has 0 bridgehead atoms. The third-order valence-electron chi connectivity index (χ3n) is 4.40. The predicted octanol–water partition coefficient (Wildman–Crippen LogP) is 3.48. The number of aromatic amines is 1. The maximum Gasteiger partial charge on any atom is 0.251 e. The number of nitrogens with one attached hydrogen (secondary N) is 2. The molecule has 140 valence electrons. The Kier molecular flexibility index (Phi) is 6.14. The van der Waals surface area contributed by atoms with E-state index in [0.717, 1.165) is 22.9 Å². The van der Waals surface area contributed by atoms with Gasteiger partial charge in [0, 0.05) is 29.6 Å². The Labute approximate surface area is 162 Å². The molecule has 6 heteroatoms. The highest BCUT2D eigenvalue weighted by molar-refractivity contribution is 6.30. The molecule has 1 amide bonds. The fourth-order valence-corrected chi connectivity index (χ4v) is 3.00. The highest BCUT2D eigenvalue weighted by Gasteiger charge is 2.07. The number of hydrogen-bond acceptors (Lipinski definition) is 3. The number of carbonyl (C=O) groups excluding carboxylic acids is 1. The highest BCUT2D eigenvalue weighted by atomic mass is 35.5. The van der Waals surface area contributed by atoms with Crippen LogP contribution < -0.4 is 15.6 Å². The van der Waals surface area contributed by atoms with Crippen LogP contribution in [0.1, 0.15) is 17.5 Å². The molecular formula is C21H21ClN2O3. The van der Waals surface area contributed by atoms with Gasteiger partial charge in [0.15, 0.2) is 0 Å². The summed E-state index contributed by atoms with van der Waals surface area (Å²) in [5.74, 6) is 0.615. The van der Waals surface area contributed by atoms with Gasteiger partial charge in [-0.25, -0.2) is 0 Å². The molecular weight excluding hydrogens is 364 g/mol. The standard InChI is InChI=1S/C21H21ClN2O3/c1-27-18-8-4-15-12-16(21(26)24-19(15)13-18)5-9-20(25)23-11-10-14-2-6-17(22)7-3-14/h2-4,6-8,12-13H,5,9-11H2,1H3,(H,23,25)(H,24,26). The number of amides is 1. The maximum absolute atomic E-state index is 12.2. The molecule has 5 nitrogen and oxygen atoms in total. The van der Waals surface area contributed by atoms with E-state index in [9.17, 15) is 9.59 Å². The van der Waals surface area contributed by atoms with Crippen LogP contribution in [0, 0.1) is 0 Å². The number of rotatable bonds is 7. The van der Waals surface area contributed by atoms with Crippen LogP contribution in [0.25, 0.3) is 10.9 Å². The molecule has 0 saturated heterocycles. The van der Waals surface area contributed by atoms with Crippen molar-refractivity contribution in [2.24, 2.45) is 0 Å². The smallest absolute Gasteiger partial charge is 0.251 e. The molecule has 3 rings (SSSR count). The second-order valence-corrected chi connectivity index (χ2v) is 6.74. The zero-order chi connectivity index (χ0) is 19.2. The lowest BCUT2D eigenvalue weighted by Crippen LogP contribution is -2.26. The number of ether oxygens (including phenoxy) is 1. The number of halogens is 1. The van der Waals surface area contributed by atoms with Crippen molar-refractivity contribution in [3.8, 4) is 5.75 Å². The molecule has 0 aliphatic rings. The first-order valence-corrected chi connectivity index (χ1v) is 9.14. The summed E-state index contributed by atoms with van der Waals surface area (Å²) < 4.78 is 5.17. The molecule has 0 fully saturated rings. The molecule has 0 atom stereocenters. The van der Waals surface area contributed by atoms with Gasteiger partial charge in [0.05, 0.1) is 12.6 Å². The first-order valence-electron chi connectivity index (χ1n) is 8.76. The van der Waals surface area contributed by atoms with E-state index in [-0.39, 0.29) is 17.9 Å². The Morgan fingerprint density at radius 3 is 2.63 bits per heavy atom. The number of carbonyl (C=O) groups is 1. The van der Waals surface area contributed by atoms with Crippen molar-refractivity contribution in [2.75, 3.05) is 13.7 Å². The second kappa shape index (κ2) is 8.73. The van der Waals surface area contributed by atoms with Crippen LogP contribution in [0.2, 0.25) is 5.02 Å². The Balaban J connectivity index is 1.54. The number of fused-ring (bicyclic) bond motifs is 1. The molecule has 27 heavy (non-hydrogen) atoms. The van der Waals surface area contributed by atoms with Crippen molar-refractivity contribution in [2.45, 2.75) is 19.3 Å². The topological polar surface area (TPSA) is 71.2 Å². The summed E-state index contributed by atoms with van der Waals surface area (Å²) in [4.78, 5) is 27.1. The van der Waals surface area contributed by atoms with E-state index >= 15 is 0 Å². The summed E-state index contributed by atoms with van der Waals surface area (Å²) in [6.45, 7) is 0.550. The molecule has 0 aliphatic carbocycles. The molecule has 2 N–H and O–H groups in total. The van der Waals surface area contributed by atoms with Crippen LogP contribution in [0.5, 0.6) is 5.75 Å². The Morgan fingerprint density at radius 2 is 1.89 bits per heavy atom. The fraction of sp³-hybridized carbons (Fsp3) is 0.238. The number of aromatic nitrogens is 1. The number of methoxy groups -OCH3 is 1. The van der Waals surface area contributed by atoms with E-state index in [4.69, 9.17) is 16.3 Å². The van der Waals surface area contributed by atoms with Crippen molar-refractivity contribution >= 4 is 28.4 Å². The normalized spacial score (nSPS) is 10.7. The number of hydrogen-bond donors (Lipinski definition) is 2. The van der Waals surface area contributed by atoms with Gasteiger partial charge in [-0.1, -0.05) is 23.7 Å². The van der Waals surface area contributed by atoms with E-state index in [0.29, 0.717) is 29.3 Å². The Bertz CT molecular complexity index is 996. The van der Waals surface area contributed by atoms with Crippen LogP contribution in [0.4, 0.5) is 0 Å². The number of pyridine rings is 1. The first kappa shape index (κ1) is 19.0. The molecule has 3 aromatic rings. The molecule has 1 heterocycles. The van der Waals surface area contributed by atoms with Gasteiger partial charge in [-0.3, -0.25) is 9.59 Å². The maximum atomic E-state index is 12.2. The molecule has 1 aromatic heterocycles. The molecule has 0 unspecified atom stereocenters. The molecule has 0 saturated carbocycles. The summed E-state index contributed by atoms with van der Waals surface area (Å²) in [6.07, 6.45) is 1.40. The predicted molar refractivity (Wildman–Crippen MR) is 108 cm³/mol. The van der Waals surface area contributed by atoms with Gasteiger partial charge < -0.3 is 15.0 Å². The lowest BCUT2D eigenvalue weighted by Gasteiger charge is -2.07. The number of aryl methyl sites for hydroxylation is 1. The average molecular weight is 385 g/mol. The molecule has 0 radical (unpaired) electrons. The minimum Gasteiger partial charge on any atom is -0.497 e. The van der Waals surface area contributed by atoms with Crippen molar-refractivity contribution in [3.05, 3.63) is 75.0 Å². The summed E-state index contributed by atoms with van der Waals surface area (Å²) >= 11 is 5.86. The van der Waals surface area contributed by atoms with E-state index in [1.165, 1.54) is 0 Å².